The molecule has 11 aromatic rings. The summed E-state index contributed by atoms with van der Waals surface area (Å²) in [5.74, 6) is 0. The standard InChI is InChI=1S/C55H37NO2/c1-55(2)46-20-10-8-18-41(46)42-28-27-38(33-47(42)55)56(48-21-12-16-36-15-6-7-17-40(36)48)39-31-44(37-25-23-35(24-26-37)34-13-4-3-5-14-34)54-45(32-39)53-51(58-54)30-29-50-52(53)43-19-9-11-22-49(43)57-50/h3-33H,1-2H3. The first-order chi connectivity index (χ1) is 28.5. The van der Waals surface area contributed by atoms with Gasteiger partial charge in [0.2, 0.25) is 0 Å². The Kier molecular flexibility index (Phi) is 6.98. The molecule has 0 amide bonds. The molecule has 0 saturated carbocycles. The van der Waals surface area contributed by atoms with Gasteiger partial charge in [0, 0.05) is 49.3 Å². The quantitative estimate of drug-likeness (QED) is 0.176. The monoisotopic (exact) mass is 743 g/mol. The summed E-state index contributed by atoms with van der Waals surface area (Å²) in [7, 11) is 0. The summed E-state index contributed by atoms with van der Waals surface area (Å²) in [5.41, 5.74) is 16.3. The maximum atomic E-state index is 6.96. The van der Waals surface area contributed by atoms with E-state index in [4.69, 9.17) is 8.83 Å². The predicted octanol–water partition coefficient (Wildman–Crippen LogP) is 15.7. The molecule has 2 heterocycles. The summed E-state index contributed by atoms with van der Waals surface area (Å²) in [6, 6.07) is 67.8. The molecule has 274 valence electrons. The van der Waals surface area contributed by atoms with Gasteiger partial charge in [-0.15, -0.1) is 0 Å². The average molecular weight is 744 g/mol. The highest BCUT2D eigenvalue weighted by molar-refractivity contribution is 6.27. The summed E-state index contributed by atoms with van der Waals surface area (Å²) in [5, 5.41) is 6.63. The third-order valence-electron chi connectivity index (χ3n) is 12.5. The second kappa shape index (κ2) is 12.3. The van der Waals surface area contributed by atoms with Gasteiger partial charge in [0.15, 0.2) is 0 Å². The van der Waals surface area contributed by atoms with Crippen LogP contribution in [-0.2, 0) is 5.41 Å². The highest BCUT2D eigenvalue weighted by Gasteiger charge is 2.36. The fraction of sp³-hybridized carbons (Fsp3) is 0.0545. The first kappa shape index (κ1) is 32.8. The van der Waals surface area contributed by atoms with E-state index in [1.54, 1.807) is 0 Å². The number of hydrogen-bond acceptors (Lipinski definition) is 3. The number of anilines is 3. The minimum atomic E-state index is -0.156. The Morgan fingerprint density at radius 1 is 0.397 bits per heavy atom. The number of fused-ring (bicyclic) bond motifs is 11. The first-order valence-electron chi connectivity index (χ1n) is 20.0. The number of benzene rings is 9. The Bertz CT molecular complexity index is 3420. The Hall–Kier alpha value is -7.36. The van der Waals surface area contributed by atoms with Crippen LogP contribution in [0, 0.1) is 0 Å². The van der Waals surface area contributed by atoms with Crippen molar-refractivity contribution in [1.29, 1.82) is 0 Å². The predicted molar refractivity (Wildman–Crippen MR) is 242 cm³/mol. The molecule has 0 saturated heterocycles. The van der Waals surface area contributed by atoms with Crippen molar-refractivity contribution in [3.63, 3.8) is 0 Å². The minimum absolute atomic E-state index is 0.156. The number of nitrogens with zero attached hydrogens (tertiary/aromatic N) is 1. The maximum absolute atomic E-state index is 6.96. The second-order valence-electron chi connectivity index (χ2n) is 16.1. The third-order valence-corrected chi connectivity index (χ3v) is 12.5. The van der Waals surface area contributed by atoms with Crippen LogP contribution in [0.3, 0.4) is 0 Å². The van der Waals surface area contributed by atoms with Crippen molar-refractivity contribution in [1.82, 2.24) is 0 Å². The zero-order valence-corrected chi connectivity index (χ0v) is 32.2. The van der Waals surface area contributed by atoms with Crippen molar-refractivity contribution < 1.29 is 8.83 Å². The zero-order valence-electron chi connectivity index (χ0n) is 32.2. The van der Waals surface area contributed by atoms with Crippen LogP contribution in [0.25, 0.3) is 88.0 Å². The molecule has 0 radical (unpaired) electrons. The molecule has 0 aliphatic heterocycles. The van der Waals surface area contributed by atoms with Crippen molar-refractivity contribution in [2.75, 3.05) is 4.90 Å². The van der Waals surface area contributed by atoms with Gasteiger partial charge in [-0.05, 0) is 92.9 Å². The fourth-order valence-electron chi connectivity index (χ4n) is 9.65. The van der Waals surface area contributed by atoms with Crippen molar-refractivity contribution in [3.8, 4) is 33.4 Å². The Labute approximate surface area is 336 Å². The highest BCUT2D eigenvalue weighted by Crippen LogP contribution is 2.52. The molecule has 0 unspecified atom stereocenters. The fourth-order valence-corrected chi connectivity index (χ4v) is 9.65. The largest absolute Gasteiger partial charge is 0.456 e. The van der Waals surface area contributed by atoms with Crippen LogP contribution in [0.2, 0.25) is 0 Å². The summed E-state index contributed by atoms with van der Waals surface area (Å²) in [6.45, 7) is 4.70. The van der Waals surface area contributed by atoms with E-state index < -0.39 is 0 Å². The molecule has 0 N–H and O–H groups in total. The third kappa shape index (κ3) is 4.80. The van der Waals surface area contributed by atoms with E-state index in [9.17, 15) is 0 Å². The molecular formula is C55H37NO2. The SMILES string of the molecule is CC1(C)c2ccccc2-c2ccc(N(c3cc(-c4ccc(-c5ccccc5)cc4)c4oc5ccc6oc7ccccc7c6c5c4c3)c3cccc4ccccc34)cc21. The first-order valence-corrected chi connectivity index (χ1v) is 20.0. The molecular weight excluding hydrogens is 707 g/mol. The van der Waals surface area contributed by atoms with E-state index in [0.717, 1.165) is 72.1 Å². The lowest BCUT2D eigenvalue weighted by atomic mass is 9.82. The molecule has 1 aliphatic rings. The van der Waals surface area contributed by atoms with Gasteiger partial charge in [-0.25, -0.2) is 0 Å². The second-order valence-corrected chi connectivity index (χ2v) is 16.1. The van der Waals surface area contributed by atoms with E-state index in [-0.39, 0.29) is 5.41 Å². The van der Waals surface area contributed by atoms with Crippen LogP contribution in [-0.4, -0.2) is 0 Å². The number of hydrogen-bond donors (Lipinski definition) is 0. The lowest BCUT2D eigenvalue weighted by Crippen LogP contribution is -2.16. The van der Waals surface area contributed by atoms with Gasteiger partial charge in [-0.3, -0.25) is 0 Å². The molecule has 0 bridgehead atoms. The number of rotatable bonds is 5. The van der Waals surface area contributed by atoms with E-state index in [1.165, 1.54) is 44.2 Å². The van der Waals surface area contributed by atoms with E-state index in [1.807, 2.05) is 18.2 Å². The zero-order chi connectivity index (χ0) is 38.5. The van der Waals surface area contributed by atoms with Gasteiger partial charge in [0.1, 0.15) is 22.3 Å². The van der Waals surface area contributed by atoms with E-state index in [2.05, 4.69) is 189 Å². The van der Waals surface area contributed by atoms with Gasteiger partial charge < -0.3 is 13.7 Å². The van der Waals surface area contributed by atoms with E-state index in [0.29, 0.717) is 0 Å². The lowest BCUT2D eigenvalue weighted by molar-refractivity contribution is 0.660. The molecule has 1 aliphatic carbocycles. The molecule has 3 heteroatoms. The van der Waals surface area contributed by atoms with Crippen molar-refractivity contribution in [2.24, 2.45) is 0 Å². The smallest absolute Gasteiger partial charge is 0.143 e. The summed E-state index contributed by atoms with van der Waals surface area (Å²) in [4.78, 5) is 2.45. The number of para-hydroxylation sites is 1. The van der Waals surface area contributed by atoms with Gasteiger partial charge in [0.05, 0.1) is 5.69 Å². The van der Waals surface area contributed by atoms with Crippen molar-refractivity contribution in [3.05, 3.63) is 199 Å². The molecule has 58 heavy (non-hydrogen) atoms. The Morgan fingerprint density at radius 2 is 1.05 bits per heavy atom. The van der Waals surface area contributed by atoms with Gasteiger partial charge >= 0.3 is 0 Å². The lowest BCUT2D eigenvalue weighted by Gasteiger charge is -2.29. The summed E-state index contributed by atoms with van der Waals surface area (Å²) >= 11 is 0. The van der Waals surface area contributed by atoms with Crippen molar-refractivity contribution in [2.45, 2.75) is 19.3 Å². The van der Waals surface area contributed by atoms with Gasteiger partial charge in [-0.2, -0.15) is 0 Å². The molecule has 0 atom stereocenters. The summed E-state index contributed by atoms with van der Waals surface area (Å²) < 4.78 is 13.4. The van der Waals surface area contributed by atoms with Crippen LogP contribution in [0.4, 0.5) is 17.1 Å². The Morgan fingerprint density at radius 3 is 1.91 bits per heavy atom. The minimum Gasteiger partial charge on any atom is -0.456 e. The maximum Gasteiger partial charge on any atom is 0.143 e. The highest BCUT2D eigenvalue weighted by atomic mass is 16.3. The molecule has 9 aromatic carbocycles. The topological polar surface area (TPSA) is 29.5 Å². The summed E-state index contributed by atoms with van der Waals surface area (Å²) in [6.07, 6.45) is 0. The van der Waals surface area contributed by atoms with Crippen LogP contribution in [0.5, 0.6) is 0 Å². The average Bonchev–Trinajstić information content (AvgIpc) is 3.91. The molecule has 12 rings (SSSR count). The molecule has 2 aromatic heterocycles. The van der Waals surface area contributed by atoms with E-state index >= 15 is 0 Å². The molecule has 3 nitrogen and oxygen atoms in total. The van der Waals surface area contributed by atoms with Crippen LogP contribution >= 0.6 is 0 Å². The van der Waals surface area contributed by atoms with Crippen molar-refractivity contribution >= 4 is 71.7 Å². The normalized spacial score (nSPS) is 13.1. The van der Waals surface area contributed by atoms with Gasteiger partial charge in [-0.1, -0.05) is 153 Å². The number of furan rings is 2. The van der Waals surface area contributed by atoms with Crippen LogP contribution < -0.4 is 4.90 Å². The Balaban J connectivity index is 1.17. The molecule has 0 spiro atoms. The van der Waals surface area contributed by atoms with Gasteiger partial charge in [0.25, 0.3) is 0 Å². The molecule has 0 fully saturated rings. The van der Waals surface area contributed by atoms with Crippen LogP contribution in [0.1, 0.15) is 25.0 Å². The van der Waals surface area contributed by atoms with Crippen LogP contribution in [0.15, 0.2) is 197 Å².